The highest BCUT2D eigenvalue weighted by atomic mass is 19.4. The minimum Gasteiger partial charge on any atom is -0.475 e. The van der Waals surface area contributed by atoms with E-state index < -0.39 is 24.1 Å². The minimum absolute atomic E-state index is 0.00593. The van der Waals surface area contributed by atoms with E-state index in [9.17, 15) is 27.2 Å². The van der Waals surface area contributed by atoms with E-state index in [1.165, 1.54) is 12.1 Å². The first-order chi connectivity index (χ1) is 13.4. The van der Waals surface area contributed by atoms with Crippen LogP contribution in [0, 0.1) is 11.7 Å². The fraction of sp³-hybridized carbons (Fsp3) is 0.500. The Morgan fingerprint density at radius 2 is 1.90 bits per heavy atom. The van der Waals surface area contributed by atoms with Gasteiger partial charge in [0.15, 0.2) is 0 Å². The molecule has 2 fully saturated rings. The fourth-order valence-electron chi connectivity index (χ4n) is 3.46. The van der Waals surface area contributed by atoms with E-state index in [2.05, 4.69) is 0 Å². The molecule has 0 radical (unpaired) electrons. The number of halogens is 4. The number of aliphatic carboxylic acids is 1. The summed E-state index contributed by atoms with van der Waals surface area (Å²) in [5, 5.41) is 7.12. The van der Waals surface area contributed by atoms with Crippen molar-refractivity contribution in [1.29, 1.82) is 0 Å². The number of nitrogens with two attached hydrogens (primary N) is 1. The molecule has 3 rings (SSSR count). The summed E-state index contributed by atoms with van der Waals surface area (Å²) in [6.07, 6.45) is -4.13. The van der Waals surface area contributed by atoms with E-state index in [1.54, 1.807) is 29.0 Å². The fourth-order valence-corrected chi connectivity index (χ4v) is 3.46. The maximum absolute atomic E-state index is 13.5. The van der Waals surface area contributed by atoms with E-state index in [0.29, 0.717) is 18.7 Å². The van der Waals surface area contributed by atoms with Crippen LogP contribution in [0.15, 0.2) is 24.3 Å². The quantitative estimate of drug-likeness (QED) is 0.708. The van der Waals surface area contributed by atoms with Gasteiger partial charge in [-0.2, -0.15) is 13.2 Å². The van der Waals surface area contributed by atoms with Crippen molar-refractivity contribution in [2.45, 2.75) is 31.1 Å². The highest BCUT2D eigenvalue weighted by molar-refractivity contribution is 5.90. The molecular weight excluding hydrogens is 398 g/mol. The summed E-state index contributed by atoms with van der Waals surface area (Å²) < 4.78 is 45.2. The number of nitrogens with zero attached hydrogens (tertiary/aromatic N) is 2. The number of amides is 2. The molecule has 0 saturated carbocycles. The van der Waals surface area contributed by atoms with Crippen molar-refractivity contribution in [2.24, 2.45) is 11.7 Å². The predicted octanol–water partition coefficient (Wildman–Crippen LogP) is 1.54. The summed E-state index contributed by atoms with van der Waals surface area (Å²) in [7, 11) is 1.67. The number of benzene rings is 1. The predicted molar refractivity (Wildman–Crippen MR) is 92.9 cm³/mol. The van der Waals surface area contributed by atoms with Gasteiger partial charge in [0.25, 0.3) is 0 Å². The van der Waals surface area contributed by atoms with Gasteiger partial charge in [0.05, 0.1) is 12.0 Å². The van der Waals surface area contributed by atoms with Crippen molar-refractivity contribution in [1.82, 2.24) is 9.80 Å². The third kappa shape index (κ3) is 5.43. The summed E-state index contributed by atoms with van der Waals surface area (Å²) in [4.78, 5) is 37.0. The lowest BCUT2D eigenvalue weighted by Crippen LogP contribution is -2.38. The van der Waals surface area contributed by atoms with Crippen molar-refractivity contribution in [3.8, 4) is 0 Å². The first kappa shape index (κ1) is 22.6. The van der Waals surface area contributed by atoms with Crippen LogP contribution in [0.5, 0.6) is 0 Å². The third-order valence-corrected chi connectivity index (χ3v) is 4.87. The molecule has 2 heterocycles. The van der Waals surface area contributed by atoms with Crippen molar-refractivity contribution in [2.75, 3.05) is 20.1 Å². The van der Waals surface area contributed by atoms with Crippen molar-refractivity contribution >= 4 is 17.8 Å². The van der Waals surface area contributed by atoms with Crippen LogP contribution in [0.1, 0.15) is 24.4 Å². The average molecular weight is 419 g/mol. The van der Waals surface area contributed by atoms with Crippen molar-refractivity contribution in [3.05, 3.63) is 35.6 Å². The van der Waals surface area contributed by atoms with Crippen LogP contribution in [-0.2, 0) is 14.4 Å². The second-order valence-electron chi connectivity index (χ2n) is 6.95. The zero-order chi connectivity index (χ0) is 21.9. The van der Waals surface area contributed by atoms with Gasteiger partial charge in [0.1, 0.15) is 5.82 Å². The van der Waals surface area contributed by atoms with Crippen LogP contribution < -0.4 is 5.73 Å². The second kappa shape index (κ2) is 8.76. The molecule has 11 heteroatoms. The van der Waals surface area contributed by atoms with Crippen LogP contribution >= 0.6 is 0 Å². The maximum Gasteiger partial charge on any atom is 0.490 e. The monoisotopic (exact) mass is 419 g/mol. The lowest BCUT2D eigenvalue weighted by molar-refractivity contribution is -0.192. The Hall–Kier alpha value is -2.69. The van der Waals surface area contributed by atoms with Gasteiger partial charge in [-0.15, -0.1) is 0 Å². The minimum atomic E-state index is -5.08. The number of carbonyl (C=O) groups is 3. The van der Waals surface area contributed by atoms with Crippen LogP contribution in [0.4, 0.5) is 17.6 Å². The number of carbonyl (C=O) groups excluding carboxylic acids is 2. The molecule has 3 atom stereocenters. The molecule has 1 aromatic carbocycles. The normalized spacial score (nSPS) is 24.3. The molecule has 29 heavy (non-hydrogen) atoms. The molecule has 160 valence electrons. The number of alkyl halides is 3. The average Bonchev–Trinajstić information content (AvgIpc) is 3.18. The summed E-state index contributed by atoms with van der Waals surface area (Å²) in [6.45, 7) is 1.16. The molecule has 1 aromatic rings. The number of hydrogen-bond donors (Lipinski definition) is 2. The Morgan fingerprint density at radius 3 is 2.38 bits per heavy atom. The van der Waals surface area contributed by atoms with Gasteiger partial charge < -0.3 is 20.6 Å². The molecule has 2 saturated heterocycles. The largest absolute Gasteiger partial charge is 0.490 e. The number of hydrogen-bond acceptors (Lipinski definition) is 4. The van der Waals surface area contributed by atoms with E-state index in [0.717, 1.165) is 6.42 Å². The summed E-state index contributed by atoms with van der Waals surface area (Å²) in [5.74, 6) is -3.73. The Bertz CT molecular complexity index is 787. The molecule has 2 amide bonds. The number of likely N-dealkylation sites (tertiary alicyclic amines) is 2. The number of rotatable bonds is 2. The van der Waals surface area contributed by atoms with Crippen LogP contribution in [-0.4, -0.2) is 65.0 Å². The molecule has 7 nitrogen and oxygen atoms in total. The molecule has 0 aliphatic carbocycles. The smallest absolute Gasteiger partial charge is 0.475 e. The lowest BCUT2D eigenvalue weighted by atomic mass is 9.92. The molecule has 2 aliphatic heterocycles. The van der Waals surface area contributed by atoms with E-state index >= 15 is 0 Å². The van der Waals surface area contributed by atoms with Gasteiger partial charge in [-0.25, -0.2) is 9.18 Å². The van der Waals surface area contributed by atoms with Crippen LogP contribution in [0.25, 0.3) is 0 Å². The molecular formula is C18H21F4N3O4. The zero-order valence-electron chi connectivity index (χ0n) is 15.5. The molecule has 2 aliphatic rings. The van der Waals surface area contributed by atoms with Gasteiger partial charge >= 0.3 is 12.1 Å². The van der Waals surface area contributed by atoms with E-state index in [1.807, 2.05) is 0 Å². The highest BCUT2D eigenvalue weighted by Gasteiger charge is 2.45. The highest BCUT2D eigenvalue weighted by Crippen LogP contribution is 2.38. The second-order valence-corrected chi connectivity index (χ2v) is 6.95. The SMILES string of the molecule is CN1C(=O)C[C@H](C(=O)N2CC[C@H](N)C2)[C@H]1c1cccc(F)c1.O=C(O)C(F)(F)F. The standard InChI is InChI=1S/C16H20FN3O2.C2HF3O2/c1-19-14(21)8-13(16(22)20-6-5-12(18)9-20)15(19)10-3-2-4-11(17)7-10;3-2(4,5)1(6)7/h2-4,7,12-13,15H,5-6,8-9,18H2,1H3;(H,6,7)/t12-,13-,15+;/m0./s1. The van der Waals surface area contributed by atoms with Gasteiger partial charge in [0.2, 0.25) is 11.8 Å². The Balaban J connectivity index is 0.000000370. The Morgan fingerprint density at radius 1 is 1.28 bits per heavy atom. The molecule has 0 aromatic heterocycles. The third-order valence-electron chi connectivity index (χ3n) is 4.87. The molecule has 0 unspecified atom stereocenters. The van der Waals surface area contributed by atoms with Gasteiger partial charge in [-0.1, -0.05) is 12.1 Å². The molecule has 3 N–H and O–H groups in total. The summed E-state index contributed by atoms with van der Waals surface area (Å²) in [6, 6.07) is 5.72. The maximum atomic E-state index is 13.5. The molecule has 0 bridgehead atoms. The Kier molecular flexibility index (Phi) is 6.83. The van der Waals surface area contributed by atoms with Crippen LogP contribution in [0.3, 0.4) is 0 Å². The molecule has 0 spiro atoms. The van der Waals surface area contributed by atoms with Crippen molar-refractivity contribution < 1.29 is 37.1 Å². The number of carboxylic acids is 1. The summed E-state index contributed by atoms with van der Waals surface area (Å²) in [5.41, 5.74) is 6.52. The van der Waals surface area contributed by atoms with Gasteiger partial charge in [0, 0.05) is 32.6 Å². The van der Waals surface area contributed by atoms with Crippen LogP contribution in [0.2, 0.25) is 0 Å². The summed E-state index contributed by atoms with van der Waals surface area (Å²) >= 11 is 0. The Labute approximate surface area is 164 Å². The first-order valence-electron chi connectivity index (χ1n) is 8.77. The van der Waals surface area contributed by atoms with Gasteiger partial charge in [-0.05, 0) is 24.1 Å². The number of carboxylic acid groups (broad SMARTS) is 1. The van der Waals surface area contributed by atoms with Crippen molar-refractivity contribution in [3.63, 3.8) is 0 Å². The lowest BCUT2D eigenvalue weighted by Gasteiger charge is -2.27. The van der Waals surface area contributed by atoms with E-state index in [-0.39, 0.29) is 30.1 Å². The van der Waals surface area contributed by atoms with Gasteiger partial charge in [-0.3, -0.25) is 9.59 Å². The topological polar surface area (TPSA) is 104 Å². The zero-order valence-corrected chi connectivity index (χ0v) is 15.5. The first-order valence-corrected chi connectivity index (χ1v) is 8.77. The van der Waals surface area contributed by atoms with E-state index in [4.69, 9.17) is 15.6 Å².